The summed E-state index contributed by atoms with van der Waals surface area (Å²) in [6.07, 6.45) is 0. The Kier molecular flexibility index (Phi) is 4.89. The smallest absolute Gasteiger partial charge is 0.0511 e. The van der Waals surface area contributed by atoms with Crippen molar-refractivity contribution in [2.75, 3.05) is 11.9 Å². The molecule has 100 valence electrons. The molecule has 2 rings (SSSR count). The molecule has 0 aliphatic heterocycles. The molecule has 0 aliphatic carbocycles. The molecule has 0 unspecified atom stereocenters. The van der Waals surface area contributed by atoms with Crippen LogP contribution < -0.4 is 4.90 Å². The maximum Gasteiger partial charge on any atom is 0.0511 e. The lowest BCUT2D eigenvalue weighted by atomic mass is 10.1. The summed E-state index contributed by atoms with van der Waals surface area (Å²) in [6, 6.07) is 14.7. The third-order valence-electron chi connectivity index (χ3n) is 3.25. The van der Waals surface area contributed by atoms with Crippen molar-refractivity contribution in [2.45, 2.75) is 19.3 Å². The highest BCUT2D eigenvalue weighted by Gasteiger charge is 2.08. The van der Waals surface area contributed by atoms with Gasteiger partial charge < -0.3 is 4.90 Å². The van der Waals surface area contributed by atoms with E-state index < -0.39 is 0 Å². The summed E-state index contributed by atoms with van der Waals surface area (Å²) in [4.78, 5) is 2.24. The van der Waals surface area contributed by atoms with Gasteiger partial charge in [0.25, 0.3) is 0 Å². The Labute approximate surface area is 128 Å². The van der Waals surface area contributed by atoms with E-state index in [0.717, 1.165) is 16.6 Å². The zero-order valence-corrected chi connectivity index (χ0v) is 13.5. The van der Waals surface area contributed by atoms with Crippen LogP contribution in [0.3, 0.4) is 0 Å². The second-order valence-corrected chi connectivity index (χ2v) is 5.82. The van der Waals surface area contributed by atoms with E-state index in [-0.39, 0.29) is 0 Å². The van der Waals surface area contributed by atoms with Gasteiger partial charge in [-0.3, -0.25) is 0 Å². The number of hydrogen-bond donors (Lipinski definition) is 0. The lowest BCUT2D eigenvalue weighted by Gasteiger charge is -2.22. The minimum Gasteiger partial charge on any atom is -0.369 e. The Hall–Kier alpha value is -0.990. The molecule has 1 nitrogen and oxygen atoms in total. The van der Waals surface area contributed by atoms with Gasteiger partial charge >= 0.3 is 0 Å². The molecule has 19 heavy (non-hydrogen) atoms. The van der Waals surface area contributed by atoms with Crippen LogP contribution in [0, 0.1) is 6.92 Å². The maximum absolute atomic E-state index is 5.85. The van der Waals surface area contributed by atoms with Crippen molar-refractivity contribution in [1.82, 2.24) is 0 Å². The highest BCUT2D eigenvalue weighted by molar-refractivity contribution is 9.10. The monoisotopic (exact) mass is 337 g/mol. The van der Waals surface area contributed by atoms with Crippen LogP contribution >= 0.6 is 27.5 Å². The lowest BCUT2D eigenvalue weighted by Crippen LogP contribution is -2.17. The highest BCUT2D eigenvalue weighted by Crippen LogP contribution is 2.28. The highest BCUT2D eigenvalue weighted by atomic mass is 79.9. The van der Waals surface area contributed by atoms with Gasteiger partial charge in [0.05, 0.1) is 5.69 Å². The number of halogens is 2. The average Bonchev–Trinajstić information content (AvgIpc) is 2.41. The van der Waals surface area contributed by atoms with Crippen molar-refractivity contribution >= 4 is 33.2 Å². The third-order valence-corrected chi connectivity index (χ3v) is 4.19. The van der Waals surface area contributed by atoms with Crippen LogP contribution in [0.2, 0.25) is 0 Å². The average molecular weight is 339 g/mol. The number of aryl methyl sites for hydroxylation is 1. The largest absolute Gasteiger partial charge is 0.369 e. The van der Waals surface area contributed by atoms with Crippen molar-refractivity contribution in [3.05, 3.63) is 63.6 Å². The fraction of sp³-hybridized carbons (Fsp3) is 0.250. The van der Waals surface area contributed by atoms with E-state index in [2.05, 4.69) is 77.3 Å². The minimum atomic E-state index is 0.542. The number of anilines is 1. The van der Waals surface area contributed by atoms with Crippen molar-refractivity contribution in [2.24, 2.45) is 0 Å². The Balaban J connectivity index is 2.21. The molecule has 0 heterocycles. The SMILES string of the molecule is Cc1ccccc1CN(C)c1ccc(CCl)cc1Br. The molecule has 0 N–H and O–H groups in total. The summed E-state index contributed by atoms with van der Waals surface area (Å²) in [5, 5.41) is 0. The number of hydrogen-bond acceptors (Lipinski definition) is 1. The molecule has 0 aromatic heterocycles. The summed E-state index contributed by atoms with van der Waals surface area (Å²) in [5.41, 5.74) is 4.97. The molecule has 0 bridgehead atoms. The van der Waals surface area contributed by atoms with Crippen LogP contribution in [0.4, 0.5) is 5.69 Å². The van der Waals surface area contributed by atoms with E-state index in [1.54, 1.807) is 0 Å². The Morgan fingerprint density at radius 3 is 2.53 bits per heavy atom. The fourth-order valence-electron chi connectivity index (χ4n) is 2.07. The molecule has 0 amide bonds. The first-order valence-electron chi connectivity index (χ1n) is 6.22. The Morgan fingerprint density at radius 2 is 1.89 bits per heavy atom. The van der Waals surface area contributed by atoms with Crippen molar-refractivity contribution in [3.8, 4) is 0 Å². The van der Waals surface area contributed by atoms with E-state index in [1.807, 2.05) is 0 Å². The molecule has 0 saturated heterocycles. The molecular formula is C16H17BrClN. The van der Waals surface area contributed by atoms with Crippen LogP contribution in [0.15, 0.2) is 46.9 Å². The lowest BCUT2D eigenvalue weighted by molar-refractivity contribution is 0.911. The van der Waals surface area contributed by atoms with Crippen LogP contribution in [0.5, 0.6) is 0 Å². The first kappa shape index (κ1) is 14.4. The molecule has 0 radical (unpaired) electrons. The Morgan fingerprint density at radius 1 is 1.16 bits per heavy atom. The predicted octanol–water partition coefficient (Wildman–Crippen LogP) is 5.13. The second kappa shape index (κ2) is 6.44. The van der Waals surface area contributed by atoms with Crippen LogP contribution in [-0.2, 0) is 12.4 Å². The number of nitrogens with zero attached hydrogens (tertiary/aromatic N) is 1. The van der Waals surface area contributed by atoms with Gasteiger partial charge in [-0.05, 0) is 51.7 Å². The van der Waals surface area contributed by atoms with Gasteiger partial charge in [-0.25, -0.2) is 0 Å². The molecule has 3 heteroatoms. The normalized spacial score (nSPS) is 10.5. The second-order valence-electron chi connectivity index (χ2n) is 4.70. The number of rotatable bonds is 4. The molecular weight excluding hydrogens is 322 g/mol. The van der Waals surface area contributed by atoms with Gasteiger partial charge in [-0.1, -0.05) is 30.3 Å². The third kappa shape index (κ3) is 3.52. The van der Waals surface area contributed by atoms with Crippen LogP contribution in [0.1, 0.15) is 16.7 Å². The van der Waals surface area contributed by atoms with Crippen molar-refractivity contribution in [1.29, 1.82) is 0 Å². The summed E-state index contributed by atoms with van der Waals surface area (Å²) in [7, 11) is 2.10. The molecule has 2 aromatic rings. The molecule has 0 saturated carbocycles. The molecule has 0 aliphatic rings. The Bertz CT molecular complexity index is 568. The van der Waals surface area contributed by atoms with Gasteiger partial charge in [-0.2, -0.15) is 0 Å². The maximum atomic E-state index is 5.85. The summed E-state index contributed by atoms with van der Waals surface area (Å²) >= 11 is 9.47. The quantitative estimate of drug-likeness (QED) is 0.698. The van der Waals surface area contributed by atoms with Crippen LogP contribution in [0.25, 0.3) is 0 Å². The zero-order chi connectivity index (χ0) is 13.8. The number of benzene rings is 2. The van der Waals surface area contributed by atoms with Gasteiger partial charge in [0, 0.05) is 23.9 Å². The van der Waals surface area contributed by atoms with Crippen molar-refractivity contribution in [3.63, 3.8) is 0 Å². The fourth-order valence-corrected chi connectivity index (χ4v) is 2.97. The van der Waals surface area contributed by atoms with Crippen LogP contribution in [-0.4, -0.2) is 7.05 Å². The summed E-state index contributed by atoms with van der Waals surface area (Å²) in [5.74, 6) is 0.542. The molecule has 0 fully saturated rings. The minimum absolute atomic E-state index is 0.542. The first-order chi connectivity index (χ1) is 9.11. The van der Waals surface area contributed by atoms with Gasteiger partial charge in [0.2, 0.25) is 0 Å². The first-order valence-corrected chi connectivity index (χ1v) is 7.54. The van der Waals surface area contributed by atoms with E-state index >= 15 is 0 Å². The van der Waals surface area contributed by atoms with E-state index in [0.29, 0.717) is 5.88 Å². The summed E-state index contributed by atoms with van der Waals surface area (Å²) < 4.78 is 1.08. The predicted molar refractivity (Wildman–Crippen MR) is 87.0 cm³/mol. The molecule has 2 aromatic carbocycles. The summed E-state index contributed by atoms with van der Waals surface area (Å²) in [6.45, 7) is 3.04. The van der Waals surface area contributed by atoms with Gasteiger partial charge in [-0.15, -0.1) is 11.6 Å². The van der Waals surface area contributed by atoms with Crippen molar-refractivity contribution < 1.29 is 0 Å². The van der Waals surface area contributed by atoms with Gasteiger partial charge in [0.15, 0.2) is 0 Å². The molecule has 0 atom stereocenters. The topological polar surface area (TPSA) is 3.24 Å². The van der Waals surface area contributed by atoms with E-state index in [9.17, 15) is 0 Å². The van der Waals surface area contributed by atoms with E-state index in [4.69, 9.17) is 11.6 Å². The van der Waals surface area contributed by atoms with E-state index in [1.165, 1.54) is 16.8 Å². The number of alkyl halides is 1. The zero-order valence-electron chi connectivity index (χ0n) is 11.2. The molecule has 0 spiro atoms. The standard InChI is InChI=1S/C16H17BrClN/c1-12-5-3-4-6-14(12)11-19(2)16-8-7-13(10-18)9-15(16)17/h3-9H,10-11H2,1-2H3. The van der Waals surface area contributed by atoms with Gasteiger partial charge in [0.1, 0.15) is 0 Å².